The number of rotatable bonds is 5. The fourth-order valence-corrected chi connectivity index (χ4v) is 3.62. The molecule has 0 radical (unpaired) electrons. The third-order valence-corrected chi connectivity index (χ3v) is 5.18. The number of likely N-dealkylation sites (tertiary alicyclic amines) is 1. The molecule has 2 aliphatic rings. The molecule has 3 rings (SSSR count). The van der Waals surface area contributed by atoms with Crippen molar-refractivity contribution in [2.24, 2.45) is 10.4 Å². The van der Waals surface area contributed by atoms with Crippen LogP contribution in [0.3, 0.4) is 0 Å². The van der Waals surface area contributed by atoms with Crippen LogP contribution >= 0.6 is 0 Å². The number of guanidine groups is 1. The van der Waals surface area contributed by atoms with Gasteiger partial charge in [-0.3, -0.25) is 15.1 Å². The van der Waals surface area contributed by atoms with Gasteiger partial charge in [0.25, 0.3) is 5.69 Å². The van der Waals surface area contributed by atoms with Crippen molar-refractivity contribution in [1.29, 1.82) is 0 Å². The minimum absolute atomic E-state index is 0.109. The topological polar surface area (TPSA) is 82.8 Å². The number of aliphatic imine (C=N–C) groups is 1. The van der Waals surface area contributed by atoms with Crippen molar-refractivity contribution in [1.82, 2.24) is 10.2 Å². The lowest BCUT2D eigenvalue weighted by molar-refractivity contribution is -0.384. The molecule has 7 nitrogen and oxygen atoms in total. The maximum Gasteiger partial charge on any atom is 0.269 e. The molecule has 0 bridgehead atoms. The molecule has 1 spiro atoms. The van der Waals surface area contributed by atoms with E-state index in [1.54, 1.807) is 12.1 Å². The van der Waals surface area contributed by atoms with E-state index in [9.17, 15) is 10.1 Å². The summed E-state index contributed by atoms with van der Waals surface area (Å²) >= 11 is 0. The first kappa shape index (κ1) is 16.5. The van der Waals surface area contributed by atoms with E-state index in [1.165, 1.54) is 37.8 Å². The van der Waals surface area contributed by atoms with Crippen LogP contribution < -0.4 is 10.6 Å². The van der Waals surface area contributed by atoms with Crippen LogP contribution in [0.15, 0.2) is 29.3 Å². The van der Waals surface area contributed by atoms with Gasteiger partial charge in [-0.25, -0.2) is 0 Å². The first-order chi connectivity index (χ1) is 11.6. The lowest BCUT2D eigenvalue weighted by Gasteiger charge is -2.38. The second kappa shape index (κ2) is 7.07. The summed E-state index contributed by atoms with van der Waals surface area (Å²) in [6, 6.07) is 6.48. The minimum Gasteiger partial charge on any atom is -0.383 e. The van der Waals surface area contributed by atoms with Crippen molar-refractivity contribution >= 4 is 17.3 Å². The highest BCUT2D eigenvalue weighted by Gasteiger charge is 2.43. The van der Waals surface area contributed by atoms with Gasteiger partial charge >= 0.3 is 0 Å². The first-order valence-corrected chi connectivity index (χ1v) is 8.56. The summed E-state index contributed by atoms with van der Waals surface area (Å²) in [6.45, 7) is 3.71. The van der Waals surface area contributed by atoms with Crippen LogP contribution in [0.2, 0.25) is 0 Å². The standard InChI is InChI=1S/C17H25N5O2/c1-18-16(21-12-9-17(13-21)7-2-8-17)20-11-10-19-14-3-5-15(6-4-14)22(23)24/h3-6,19H,2,7-13H2,1H3,(H,18,20). The molecule has 1 saturated carbocycles. The minimum atomic E-state index is -0.389. The Bertz CT molecular complexity index is 610. The molecule has 1 aromatic carbocycles. The van der Waals surface area contributed by atoms with E-state index in [0.717, 1.165) is 37.8 Å². The maximum atomic E-state index is 10.6. The fourth-order valence-electron chi connectivity index (χ4n) is 3.62. The lowest BCUT2D eigenvalue weighted by atomic mass is 9.68. The number of non-ortho nitro benzene ring substituents is 1. The van der Waals surface area contributed by atoms with Crippen LogP contribution in [0.25, 0.3) is 0 Å². The summed E-state index contributed by atoms with van der Waals surface area (Å²) < 4.78 is 0. The van der Waals surface area contributed by atoms with Crippen molar-refractivity contribution in [3.8, 4) is 0 Å². The van der Waals surface area contributed by atoms with E-state index in [-0.39, 0.29) is 10.6 Å². The smallest absolute Gasteiger partial charge is 0.269 e. The number of hydrogen-bond acceptors (Lipinski definition) is 4. The van der Waals surface area contributed by atoms with Crippen molar-refractivity contribution in [3.63, 3.8) is 0 Å². The van der Waals surface area contributed by atoms with Crippen molar-refractivity contribution in [3.05, 3.63) is 34.4 Å². The molecule has 0 aromatic heterocycles. The molecule has 2 fully saturated rings. The Kier molecular flexibility index (Phi) is 4.87. The Hall–Kier alpha value is -2.31. The second-order valence-corrected chi connectivity index (χ2v) is 6.73. The van der Waals surface area contributed by atoms with Crippen LogP contribution in [0.4, 0.5) is 11.4 Å². The zero-order valence-electron chi connectivity index (χ0n) is 14.1. The molecule has 2 N–H and O–H groups in total. The Labute approximate surface area is 142 Å². The molecule has 1 aliphatic carbocycles. The monoisotopic (exact) mass is 331 g/mol. The number of nitro groups is 1. The van der Waals surface area contributed by atoms with Crippen LogP contribution in [-0.2, 0) is 0 Å². The van der Waals surface area contributed by atoms with Gasteiger partial charge in [-0.1, -0.05) is 6.42 Å². The van der Waals surface area contributed by atoms with E-state index in [4.69, 9.17) is 0 Å². The molecule has 1 aliphatic heterocycles. The summed E-state index contributed by atoms with van der Waals surface area (Å²) in [5, 5.41) is 17.3. The zero-order chi connectivity index (χ0) is 17.0. The fraction of sp³-hybridized carbons (Fsp3) is 0.588. The molecular formula is C17H25N5O2. The zero-order valence-corrected chi connectivity index (χ0v) is 14.1. The highest BCUT2D eigenvalue weighted by Crippen LogP contribution is 2.47. The normalized spacial score (nSPS) is 19.2. The molecule has 1 aromatic rings. The molecule has 7 heteroatoms. The van der Waals surface area contributed by atoms with Gasteiger partial charge in [0.1, 0.15) is 0 Å². The molecule has 130 valence electrons. The molecule has 1 saturated heterocycles. The van der Waals surface area contributed by atoms with Crippen molar-refractivity contribution < 1.29 is 4.92 Å². The second-order valence-electron chi connectivity index (χ2n) is 6.73. The van der Waals surface area contributed by atoms with Gasteiger partial charge < -0.3 is 15.5 Å². The Balaban J connectivity index is 1.41. The van der Waals surface area contributed by atoms with E-state index in [0.29, 0.717) is 5.41 Å². The SMILES string of the molecule is CN=C(NCCNc1ccc([N+](=O)[O-])cc1)N1CCC2(CCC2)C1. The van der Waals surface area contributed by atoms with Crippen molar-refractivity contribution in [2.75, 3.05) is 38.5 Å². The van der Waals surface area contributed by atoms with Gasteiger partial charge in [-0.05, 0) is 36.8 Å². The van der Waals surface area contributed by atoms with Gasteiger partial charge in [0.05, 0.1) is 4.92 Å². The number of nitrogens with zero attached hydrogens (tertiary/aromatic N) is 3. The van der Waals surface area contributed by atoms with E-state index in [1.807, 2.05) is 7.05 Å². The number of hydrogen-bond donors (Lipinski definition) is 2. The molecule has 0 unspecified atom stereocenters. The largest absolute Gasteiger partial charge is 0.383 e. The van der Waals surface area contributed by atoms with E-state index < -0.39 is 0 Å². The average molecular weight is 331 g/mol. The highest BCUT2D eigenvalue weighted by molar-refractivity contribution is 5.80. The number of anilines is 1. The number of nitrogens with one attached hydrogen (secondary N) is 2. The predicted molar refractivity (Wildman–Crippen MR) is 95.4 cm³/mol. The summed E-state index contributed by atoms with van der Waals surface area (Å²) in [5.41, 5.74) is 1.55. The van der Waals surface area contributed by atoms with Crippen LogP contribution in [0, 0.1) is 15.5 Å². The molecule has 0 atom stereocenters. The summed E-state index contributed by atoms with van der Waals surface area (Å²) in [5.74, 6) is 0.976. The molecule has 1 heterocycles. The number of nitro benzene ring substituents is 1. The summed E-state index contributed by atoms with van der Waals surface area (Å²) in [7, 11) is 1.83. The Morgan fingerprint density at radius 3 is 2.58 bits per heavy atom. The van der Waals surface area contributed by atoms with Crippen molar-refractivity contribution in [2.45, 2.75) is 25.7 Å². The van der Waals surface area contributed by atoms with Gasteiger partial charge in [0, 0.05) is 51.0 Å². The van der Waals surface area contributed by atoms with Crippen LogP contribution in [-0.4, -0.2) is 49.0 Å². The molecular weight excluding hydrogens is 306 g/mol. The molecule has 0 amide bonds. The highest BCUT2D eigenvalue weighted by atomic mass is 16.6. The van der Waals surface area contributed by atoms with Crippen LogP contribution in [0.1, 0.15) is 25.7 Å². The van der Waals surface area contributed by atoms with E-state index >= 15 is 0 Å². The van der Waals surface area contributed by atoms with Crippen LogP contribution in [0.5, 0.6) is 0 Å². The van der Waals surface area contributed by atoms with Gasteiger partial charge in [-0.2, -0.15) is 0 Å². The van der Waals surface area contributed by atoms with Gasteiger partial charge in [-0.15, -0.1) is 0 Å². The lowest BCUT2D eigenvalue weighted by Crippen LogP contribution is -2.43. The first-order valence-electron chi connectivity index (χ1n) is 8.56. The Morgan fingerprint density at radius 2 is 2.04 bits per heavy atom. The quantitative estimate of drug-likeness (QED) is 0.285. The molecule has 24 heavy (non-hydrogen) atoms. The summed E-state index contributed by atoms with van der Waals surface area (Å²) in [6.07, 6.45) is 5.39. The number of benzene rings is 1. The maximum absolute atomic E-state index is 10.6. The van der Waals surface area contributed by atoms with Gasteiger partial charge in [0.15, 0.2) is 5.96 Å². The van der Waals surface area contributed by atoms with Gasteiger partial charge in [0.2, 0.25) is 0 Å². The average Bonchev–Trinajstić information content (AvgIpc) is 3.01. The summed E-state index contributed by atoms with van der Waals surface area (Å²) in [4.78, 5) is 17.0. The van der Waals surface area contributed by atoms with E-state index in [2.05, 4.69) is 20.5 Å². The predicted octanol–water partition coefficient (Wildman–Crippen LogP) is 2.46. The third-order valence-electron chi connectivity index (χ3n) is 5.18. The Morgan fingerprint density at radius 1 is 1.29 bits per heavy atom. The third kappa shape index (κ3) is 3.60.